The summed E-state index contributed by atoms with van der Waals surface area (Å²) in [4.78, 5) is 12.1. The van der Waals surface area contributed by atoms with Crippen LogP contribution >= 0.6 is 0 Å². The zero-order valence-electron chi connectivity index (χ0n) is 12.6. The van der Waals surface area contributed by atoms with E-state index < -0.39 is 11.6 Å². The van der Waals surface area contributed by atoms with Crippen molar-refractivity contribution in [3.05, 3.63) is 35.9 Å². The van der Waals surface area contributed by atoms with Gasteiger partial charge in [0.05, 0.1) is 6.61 Å². The van der Waals surface area contributed by atoms with Gasteiger partial charge in [-0.15, -0.1) is 0 Å². The maximum atomic E-state index is 12.1. The summed E-state index contributed by atoms with van der Waals surface area (Å²) in [5.74, 6) is -0.500. The van der Waals surface area contributed by atoms with Crippen molar-refractivity contribution < 1.29 is 14.6 Å². The molecule has 0 saturated carbocycles. The van der Waals surface area contributed by atoms with Crippen LogP contribution in [-0.2, 0) is 16.0 Å². The van der Waals surface area contributed by atoms with Crippen molar-refractivity contribution in [3.63, 3.8) is 0 Å². The van der Waals surface area contributed by atoms with Gasteiger partial charge in [-0.05, 0) is 18.4 Å². The Balaban J connectivity index is 2.48. The molecule has 0 saturated heterocycles. The average molecular weight is 278 g/mol. The Morgan fingerprint density at radius 2 is 1.85 bits per heavy atom. The molecule has 1 N–H and O–H groups in total. The van der Waals surface area contributed by atoms with Gasteiger partial charge in [0, 0.05) is 6.42 Å². The molecular weight excluding hydrogens is 252 g/mol. The second kappa shape index (κ2) is 8.75. The Hall–Kier alpha value is -1.35. The number of hydrogen-bond acceptors (Lipinski definition) is 3. The van der Waals surface area contributed by atoms with Crippen LogP contribution in [0.15, 0.2) is 30.3 Å². The maximum absolute atomic E-state index is 12.1. The van der Waals surface area contributed by atoms with Gasteiger partial charge in [-0.25, -0.2) is 4.79 Å². The second-order valence-electron chi connectivity index (χ2n) is 5.24. The standard InChI is InChI=1S/C17H26O3/c1-3-5-6-10-13-20-16(18)17(19,4-2)14-15-11-8-7-9-12-15/h7-9,11-12,19H,3-6,10,13-14H2,1-2H3. The summed E-state index contributed by atoms with van der Waals surface area (Å²) < 4.78 is 5.23. The fraction of sp³-hybridized carbons (Fsp3) is 0.588. The van der Waals surface area contributed by atoms with Crippen LogP contribution in [0.5, 0.6) is 0 Å². The van der Waals surface area contributed by atoms with E-state index in [0.717, 1.165) is 31.2 Å². The number of carbonyl (C=O) groups is 1. The quantitative estimate of drug-likeness (QED) is 0.555. The van der Waals surface area contributed by atoms with Gasteiger partial charge in [-0.2, -0.15) is 0 Å². The molecule has 3 heteroatoms. The van der Waals surface area contributed by atoms with E-state index in [4.69, 9.17) is 4.74 Å². The highest BCUT2D eigenvalue weighted by atomic mass is 16.5. The number of carbonyl (C=O) groups excluding carboxylic acids is 1. The Morgan fingerprint density at radius 1 is 1.15 bits per heavy atom. The monoisotopic (exact) mass is 278 g/mol. The molecule has 0 aromatic heterocycles. The fourth-order valence-corrected chi connectivity index (χ4v) is 2.10. The molecule has 0 spiro atoms. The number of aliphatic hydroxyl groups is 1. The first-order valence-electron chi connectivity index (χ1n) is 7.56. The van der Waals surface area contributed by atoms with Gasteiger partial charge in [-0.3, -0.25) is 0 Å². The normalized spacial score (nSPS) is 13.8. The van der Waals surface area contributed by atoms with Crippen LogP contribution < -0.4 is 0 Å². The van der Waals surface area contributed by atoms with Gasteiger partial charge in [0.15, 0.2) is 5.60 Å². The predicted octanol–water partition coefficient (Wildman–Crippen LogP) is 3.49. The molecule has 0 fully saturated rings. The molecule has 0 radical (unpaired) electrons. The summed E-state index contributed by atoms with van der Waals surface area (Å²) in [5, 5.41) is 10.5. The molecule has 0 aliphatic rings. The molecule has 0 heterocycles. The van der Waals surface area contributed by atoms with E-state index in [1.54, 1.807) is 6.92 Å². The smallest absolute Gasteiger partial charge is 0.338 e. The van der Waals surface area contributed by atoms with E-state index in [9.17, 15) is 9.90 Å². The molecule has 1 rings (SSSR count). The third-order valence-corrected chi connectivity index (χ3v) is 3.54. The lowest BCUT2D eigenvalue weighted by molar-refractivity contribution is -0.166. The van der Waals surface area contributed by atoms with Gasteiger partial charge in [0.1, 0.15) is 0 Å². The Kier molecular flexibility index (Phi) is 7.31. The van der Waals surface area contributed by atoms with Crippen LogP contribution in [-0.4, -0.2) is 23.3 Å². The van der Waals surface area contributed by atoms with E-state index in [1.807, 2.05) is 30.3 Å². The second-order valence-corrected chi connectivity index (χ2v) is 5.24. The van der Waals surface area contributed by atoms with Crippen molar-refractivity contribution in [1.29, 1.82) is 0 Å². The van der Waals surface area contributed by atoms with Crippen LogP contribution in [0, 0.1) is 0 Å². The summed E-state index contributed by atoms with van der Waals surface area (Å²) in [6.45, 7) is 4.35. The molecule has 1 unspecified atom stereocenters. The molecular formula is C17H26O3. The molecule has 112 valence electrons. The van der Waals surface area contributed by atoms with Gasteiger partial charge in [0.25, 0.3) is 0 Å². The van der Waals surface area contributed by atoms with E-state index in [-0.39, 0.29) is 0 Å². The summed E-state index contributed by atoms with van der Waals surface area (Å²) in [5.41, 5.74) is -0.466. The van der Waals surface area contributed by atoms with E-state index in [0.29, 0.717) is 19.4 Å². The van der Waals surface area contributed by atoms with Crippen molar-refractivity contribution in [1.82, 2.24) is 0 Å². The lowest BCUT2D eigenvalue weighted by Gasteiger charge is -2.24. The first-order chi connectivity index (χ1) is 9.62. The van der Waals surface area contributed by atoms with Gasteiger partial charge < -0.3 is 9.84 Å². The van der Waals surface area contributed by atoms with Crippen molar-refractivity contribution in [2.24, 2.45) is 0 Å². The van der Waals surface area contributed by atoms with Crippen LogP contribution in [0.25, 0.3) is 0 Å². The maximum Gasteiger partial charge on any atom is 0.338 e. The van der Waals surface area contributed by atoms with Gasteiger partial charge in [0.2, 0.25) is 0 Å². The number of unbranched alkanes of at least 4 members (excludes halogenated alkanes) is 3. The molecule has 0 amide bonds. The van der Waals surface area contributed by atoms with Crippen molar-refractivity contribution in [2.75, 3.05) is 6.61 Å². The Labute approximate surface area is 122 Å². The number of hydrogen-bond donors (Lipinski definition) is 1. The fourth-order valence-electron chi connectivity index (χ4n) is 2.10. The van der Waals surface area contributed by atoms with Crippen LogP contribution in [0.1, 0.15) is 51.5 Å². The van der Waals surface area contributed by atoms with Crippen molar-refractivity contribution in [3.8, 4) is 0 Å². The third-order valence-electron chi connectivity index (χ3n) is 3.54. The van der Waals surface area contributed by atoms with Gasteiger partial charge >= 0.3 is 5.97 Å². The van der Waals surface area contributed by atoms with E-state index in [1.165, 1.54) is 0 Å². The number of rotatable bonds is 9. The largest absolute Gasteiger partial charge is 0.464 e. The highest BCUT2D eigenvalue weighted by Gasteiger charge is 2.35. The van der Waals surface area contributed by atoms with Crippen molar-refractivity contribution >= 4 is 5.97 Å². The van der Waals surface area contributed by atoms with Crippen LogP contribution in [0.3, 0.4) is 0 Å². The van der Waals surface area contributed by atoms with Crippen LogP contribution in [0.4, 0.5) is 0 Å². The lowest BCUT2D eigenvalue weighted by atomic mass is 9.92. The predicted molar refractivity (Wildman–Crippen MR) is 80.5 cm³/mol. The summed E-state index contributed by atoms with van der Waals surface area (Å²) in [6.07, 6.45) is 4.89. The van der Waals surface area contributed by atoms with E-state index >= 15 is 0 Å². The Morgan fingerprint density at radius 3 is 2.45 bits per heavy atom. The minimum absolute atomic E-state index is 0.304. The molecule has 1 aromatic rings. The molecule has 0 aliphatic heterocycles. The van der Waals surface area contributed by atoms with E-state index in [2.05, 4.69) is 6.92 Å². The SMILES string of the molecule is CCCCCCOC(=O)C(O)(CC)Cc1ccccc1. The van der Waals surface area contributed by atoms with Crippen LogP contribution in [0.2, 0.25) is 0 Å². The molecule has 1 aromatic carbocycles. The highest BCUT2D eigenvalue weighted by Crippen LogP contribution is 2.19. The first kappa shape index (κ1) is 16.7. The minimum atomic E-state index is -1.41. The summed E-state index contributed by atoms with van der Waals surface area (Å²) >= 11 is 0. The van der Waals surface area contributed by atoms with Gasteiger partial charge in [-0.1, -0.05) is 63.4 Å². The first-order valence-corrected chi connectivity index (χ1v) is 7.56. The number of esters is 1. The minimum Gasteiger partial charge on any atom is -0.464 e. The topological polar surface area (TPSA) is 46.5 Å². The lowest BCUT2D eigenvalue weighted by Crippen LogP contribution is -2.41. The molecule has 3 nitrogen and oxygen atoms in total. The summed E-state index contributed by atoms with van der Waals surface area (Å²) in [7, 11) is 0. The molecule has 0 aliphatic carbocycles. The average Bonchev–Trinajstić information content (AvgIpc) is 2.47. The van der Waals surface area contributed by atoms with Crippen molar-refractivity contribution in [2.45, 2.75) is 58.0 Å². The zero-order valence-corrected chi connectivity index (χ0v) is 12.6. The summed E-state index contributed by atoms with van der Waals surface area (Å²) in [6, 6.07) is 9.55. The highest BCUT2D eigenvalue weighted by molar-refractivity contribution is 5.79. The zero-order chi connectivity index (χ0) is 14.8. The number of ether oxygens (including phenoxy) is 1. The molecule has 0 bridgehead atoms. The third kappa shape index (κ3) is 5.33. The Bertz CT molecular complexity index is 388. The molecule has 20 heavy (non-hydrogen) atoms. The molecule has 1 atom stereocenters. The number of benzene rings is 1.